The number of carboxylic acid groups (broad SMARTS) is 1. The van der Waals surface area contributed by atoms with Gasteiger partial charge in [0.25, 0.3) is 0 Å². The molecule has 1 aliphatic heterocycles. The predicted molar refractivity (Wildman–Crippen MR) is 82.2 cm³/mol. The molecule has 1 aromatic heterocycles. The van der Waals surface area contributed by atoms with Crippen molar-refractivity contribution in [3.8, 4) is 0 Å². The lowest BCUT2D eigenvalue weighted by Crippen LogP contribution is -2.42. The van der Waals surface area contributed by atoms with E-state index in [0.717, 1.165) is 6.26 Å². The molecule has 1 N–H and O–H groups in total. The average molecular weight is 333 g/mol. The number of carboxylic acids is 1. The standard InChI is InChI=1S/C16H15NO5S/c1-23(21,22)13-8-7-12-16(15(19)20,9-10-17(12)13)14(18)11-5-3-2-4-6-11/h2-8H,9-10H2,1H3,(H,19,20). The van der Waals surface area contributed by atoms with Crippen molar-refractivity contribution >= 4 is 21.6 Å². The van der Waals surface area contributed by atoms with Crippen LogP contribution in [0.3, 0.4) is 0 Å². The normalized spacial score (nSPS) is 20.2. The largest absolute Gasteiger partial charge is 0.480 e. The highest BCUT2D eigenvalue weighted by atomic mass is 32.2. The molecular formula is C16H15NO5S. The molecule has 0 bridgehead atoms. The summed E-state index contributed by atoms with van der Waals surface area (Å²) >= 11 is 0. The number of nitrogens with zero attached hydrogens (tertiary/aromatic N) is 1. The van der Waals surface area contributed by atoms with Gasteiger partial charge in [0.15, 0.2) is 21.0 Å². The Morgan fingerprint density at radius 1 is 1.13 bits per heavy atom. The minimum Gasteiger partial charge on any atom is -0.480 e. The van der Waals surface area contributed by atoms with Gasteiger partial charge in [0, 0.05) is 24.1 Å². The Morgan fingerprint density at radius 2 is 1.78 bits per heavy atom. The zero-order chi connectivity index (χ0) is 16.8. The summed E-state index contributed by atoms with van der Waals surface area (Å²) in [5.41, 5.74) is -1.23. The van der Waals surface area contributed by atoms with Crippen LogP contribution in [0.25, 0.3) is 0 Å². The van der Waals surface area contributed by atoms with Gasteiger partial charge in [-0.15, -0.1) is 0 Å². The van der Waals surface area contributed by atoms with Gasteiger partial charge in [0.1, 0.15) is 5.03 Å². The Morgan fingerprint density at radius 3 is 2.35 bits per heavy atom. The van der Waals surface area contributed by atoms with Crippen molar-refractivity contribution in [3.63, 3.8) is 0 Å². The second-order valence-electron chi connectivity index (χ2n) is 5.64. The zero-order valence-electron chi connectivity index (χ0n) is 12.4. The minimum atomic E-state index is -3.49. The number of fused-ring (bicyclic) bond motifs is 1. The van der Waals surface area contributed by atoms with Crippen molar-refractivity contribution in [1.82, 2.24) is 4.57 Å². The molecular weight excluding hydrogens is 318 g/mol. The lowest BCUT2D eigenvalue weighted by Gasteiger charge is -2.22. The Labute approximate surface area is 133 Å². The van der Waals surface area contributed by atoms with Crippen molar-refractivity contribution in [2.75, 3.05) is 6.26 Å². The molecule has 2 heterocycles. The van der Waals surface area contributed by atoms with Crippen molar-refractivity contribution < 1.29 is 23.1 Å². The Balaban J connectivity index is 2.20. The summed E-state index contributed by atoms with van der Waals surface area (Å²) in [7, 11) is -3.49. The van der Waals surface area contributed by atoms with Crippen LogP contribution in [0.1, 0.15) is 22.5 Å². The molecule has 0 radical (unpaired) electrons. The molecule has 0 saturated heterocycles. The first-order chi connectivity index (χ1) is 10.8. The van der Waals surface area contributed by atoms with E-state index < -0.39 is 27.0 Å². The number of hydrogen-bond acceptors (Lipinski definition) is 4. The molecule has 0 saturated carbocycles. The van der Waals surface area contributed by atoms with Gasteiger partial charge < -0.3 is 9.67 Å². The number of hydrogen-bond donors (Lipinski definition) is 1. The van der Waals surface area contributed by atoms with Crippen molar-refractivity contribution in [3.05, 3.63) is 53.7 Å². The van der Waals surface area contributed by atoms with E-state index >= 15 is 0 Å². The lowest BCUT2D eigenvalue weighted by molar-refractivity contribution is -0.141. The summed E-state index contributed by atoms with van der Waals surface area (Å²) in [6, 6.07) is 11.0. The highest BCUT2D eigenvalue weighted by Gasteiger charge is 2.53. The van der Waals surface area contributed by atoms with E-state index in [-0.39, 0.29) is 23.7 Å². The van der Waals surface area contributed by atoms with Gasteiger partial charge in [-0.05, 0) is 18.6 Å². The monoisotopic (exact) mass is 333 g/mol. The maximum Gasteiger partial charge on any atom is 0.323 e. The lowest BCUT2D eigenvalue weighted by atomic mass is 9.76. The zero-order valence-corrected chi connectivity index (χ0v) is 13.2. The molecule has 1 atom stereocenters. The molecule has 0 amide bonds. The van der Waals surface area contributed by atoms with Gasteiger partial charge in [-0.2, -0.15) is 0 Å². The fraction of sp³-hybridized carbons (Fsp3) is 0.250. The Kier molecular flexibility index (Phi) is 3.40. The van der Waals surface area contributed by atoms with E-state index in [2.05, 4.69) is 0 Å². The van der Waals surface area contributed by atoms with Gasteiger partial charge >= 0.3 is 5.97 Å². The molecule has 23 heavy (non-hydrogen) atoms. The average Bonchev–Trinajstić information content (AvgIpc) is 3.06. The second kappa shape index (κ2) is 5.06. The number of carbonyl (C=O) groups excluding carboxylic acids is 1. The second-order valence-corrected chi connectivity index (χ2v) is 7.60. The SMILES string of the molecule is CS(=O)(=O)c1ccc2n1CCC2(C(=O)O)C(=O)c1ccccc1. The molecule has 1 aromatic carbocycles. The summed E-state index contributed by atoms with van der Waals surface area (Å²) in [5.74, 6) is -1.79. The summed E-state index contributed by atoms with van der Waals surface area (Å²) < 4.78 is 25.1. The highest BCUT2D eigenvalue weighted by molar-refractivity contribution is 7.90. The van der Waals surface area contributed by atoms with Gasteiger partial charge in [-0.1, -0.05) is 30.3 Å². The molecule has 0 aliphatic carbocycles. The number of Topliss-reactive ketones (excluding diaryl/α,β-unsaturated/α-hetero) is 1. The molecule has 6 nitrogen and oxygen atoms in total. The van der Waals surface area contributed by atoms with Crippen molar-refractivity contribution in [1.29, 1.82) is 0 Å². The number of benzene rings is 1. The van der Waals surface area contributed by atoms with Crippen molar-refractivity contribution in [2.45, 2.75) is 23.4 Å². The van der Waals surface area contributed by atoms with Crippen LogP contribution in [-0.4, -0.2) is 36.1 Å². The first-order valence-electron chi connectivity index (χ1n) is 7.02. The number of rotatable bonds is 4. The molecule has 0 fully saturated rings. The minimum absolute atomic E-state index is 0.0365. The van der Waals surface area contributed by atoms with E-state index in [0.29, 0.717) is 5.56 Å². The first kappa shape index (κ1) is 15.5. The fourth-order valence-electron chi connectivity index (χ4n) is 3.16. The van der Waals surface area contributed by atoms with Gasteiger partial charge in [0.2, 0.25) is 0 Å². The number of sulfone groups is 1. The van der Waals surface area contributed by atoms with E-state index in [1.165, 1.54) is 16.7 Å². The van der Waals surface area contributed by atoms with Gasteiger partial charge in [0.05, 0.1) is 0 Å². The van der Waals surface area contributed by atoms with Crippen LogP contribution in [-0.2, 0) is 26.6 Å². The molecule has 3 rings (SSSR count). The van der Waals surface area contributed by atoms with Crippen LogP contribution in [0.4, 0.5) is 0 Å². The number of aromatic nitrogens is 1. The van der Waals surface area contributed by atoms with Crippen LogP contribution < -0.4 is 0 Å². The van der Waals surface area contributed by atoms with Crippen LogP contribution in [0.15, 0.2) is 47.5 Å². The maximum atomic E-state index is 12.9. The van der Waals surface area contributed by atoms with E-state index in [1.54, 1.807) is 30.3 Å². The van der Waals surface area contributed by atoms with Crippen LogP contribution >= 0.6 is 0 Å². The Hall–Kier alpha value is -2.41. The number of carbonyl (C=O) groups is 2. The summed E-state index contributed by atoms with van der Waals surface area (Å²) in [6.07, 6.45) is 1.10. The van der Waals surface area contributed by atoms with Crippen LogP contribution in [0.5, 0.6) is 0 Å². The highest BCUT2D eigenvalue weighted by Crippen LogP contribution is 2.40. The fourth-order valence-corrected chi connectivity index (χ4v) is 4.07. The maximum absolute atomic E-state index is 12.9. The molecule has 120 valence electrons. The number of aliphatic carboxylic acids is 1. The molecule has 1 aliphatic rings. The quantitative estimate of drug-likeness (QED) is 0.676. The van der Waals surface area contributed by atoms with Crippen molar-refractivity contribution in [2.24, 2.45) is 0 Å². The van der Waals surface area contributed by atoms with Gasteiger partial charge in [-0.3, -0.25) is 9.59 Å². The number of ketones is 1. The molecule has 0 spiro atoms. The Bertz CT molecular complexity index is 898. The van der Waals surface area contributed by atoms with E-state index in [9.17, 15) is 23.1 Å². The first-order valence-corrected chi connectivity index (χ1v) is 8.91. The molecule has 7 heteroatoms. The van der Waals surface area contributed by atoms with Gasteiger partial charge in [-0.25, -0.2) is 8.42 Å². The van der Waals surface area contributed by atoms with E-state index in [4.69, 9.17) is 0 Å². The molecule has 2 aromatic rings. The predicted octanol–water partition coefficient (Wildman–Crippen LogP) is 1.50. The van der Waals surface area contributed by atoms with Crippen LogP contribution in [0.2, 0.25) is 0 Å². The van der Waals surface area contributed by atoms with Crippen LogP contribution in [0, 0.1) is 0 Å². The van der Waals surface area contributed by atoms with E-state index in [1.807, 2.05) is 0 Å². The smallest absolute Gasteiger partial charge is 0.323 e. The third kappa shape index (κ3) is 2.19. The third-order valence-electron chi connectivity index (χ3n) is 4.26. The summed E-state index contributed by atoms with van der Waals surface area (Å²) in [6.45, 7) is 0.176. The third-order valence-corrected chi connectivity index (χ3v) is 5.37. The summed E-state index contributed by atoms with van der Waals surface area (Å²) in [4.78, 5) is 24.9. The topological polar surface area (TPSA) is 93.4 Å². The molecule has 1 unspecified atom stereocenters. The summed E-state index contributed by atoms with van der Waals surface area (Å²) in [5, 5.41) is 9.81.